The molecule has 0 aliphatic rings. The number of anilines is 1. The van der Waals surface area contributed by atoms with Crippen LogP contribution in [-0.4, -0.2) is 23.7 Å². The van der Waals surface area contributed by atoms with Crippen LogP contribution in [0.2, 0.25) is 5.02 Å². The molecule has 94 valence electrons. The number of carbonyl (C=O) groups excluding carboxylic acids is 1. The number of nitrogens with two attached hydrogens (primary N) is 1. The van der Waals surface area contributed by atoms with Gasteiger partial charge in [-0.3, -0.25) is 4.79 Å². The lowest BCUT2D eigenvalue weighted by Crippen LogP contribution is -2.27. The van der Waals surface area contributed by atoms with Gasteiger partial charge in [-0.2, -0.15) is 0 Å². The van der Waals surface area contributed by atoms with Gasteiger partial charge in [-0.05, 0) is 31.0 Å². The number of hydrogen-bond donors (Lipinski definition) is 3. The lowest BCUT2D eigenvalue weighted by Gasteiger charge is -2.10. The number of benzene rings is 1. The van der Waals surface area contributed by atoms with Crippen LogP contribution in [0.15, 0.2) is 18.2 Å². The minimum absolute atomic E-state index is 0.270. The smallest absolute Gasteiger partial charge is 0.253 e. The molecule has 1 unspecified atom stereocenters. The van der Waals surface area contributed by atoms with Crippen molar-refractivity contribution in [1.29, 1.82) is 0 Å². The largest absolute Gasteiger partial charge is 0.398 e. The molecule has 0 saturated carbocycles. The van der Waals surface area contributed by atoms with Crippen LogP contribution in [0.5, 0.6) is 0 Å². The summed E-state index contributed by atoms with van der Waals surface area (Å²) in [7, 11) is 0. The van der Waals surface area contributed by atoms with Crippen molar-refractivity contribution >= 4 is 23.2 Å². The van der Waals surface area contributed by atoms with E-state index < -0.39 is 0 Å². The first-order valence-corrected chi connectivity index (χ1v) is 5.93. The summed E-state index contributed by atoms with van der Waals surface area (Å²) in [4.78, 5) is 11.8. The highest BCUT2D eigenvalue weighted by atomic mass is 35.5. The third-order valence-corrected chi connectivity index (χ3v) is 2.73. The number of rotatable bonds is 5. The van der Waals surface area contributed by atoms with Crippen molar-refractivity contribution in [1.82, 2.24) is 5.32 Å². The molecule has 0 aliphatic heterocycles. The molecule has 1 amide bonds. The van der Waals surface area contributed by atoms with E-state index in [0.29, 0.717) is 35.7 Å². The van der Waals surface area contributed by atoms with Crippen molar-refractivity contribution in [3.05, 3.63) is 28.8 Å². The fourth-order valence-corrected chi connectivity index (χ4v) is 1.55. The molecule has 1 atom stereocenters. The fraction of sp³-hybridized carbons (Fsp3) is 0.417. The Balaban J connectivity index is 2.55. The van der Waals surface area contributed by atoms with Gasteiger partial charge in [0.1, 0.15) is 0 Å². The van der Waals surface area contributed by atoms with Gasteiger partial charge in [-0.25, -0.2) is 0 Å². The maximum absolute atomic E-state index is 11.8. The molecule has 1 aromatic rings. The topological polar surface area (TPSA) is 75.3 Å². The Morgan fingerprint density at radius 2 is 2.29 bits per heavy atom. The Morgan fingerprint density at radius 3 is 2.94 bits per heavy atom. The van der Waals surface area contributed by atoms with Crippen LogP contribution in [0.4, 0.5) is 5.69 Å². The van der Waals surface area contributed by atoms with Crippen LogP contribution in [0.1, 0.15) is 30.1 Å². The average Bonchev–Trinajstić information content (AvgIpc) is 2.31. The molecule has 0 aromatic heterocycles. The highest BCUT2D eigenvalue weighted by Gasteiger charge is 2.10. The first kappa shape index (κ1) is 13.8. The van der Waals surface area contributed by atoms with Gasteiger partial charge in [0.05, 0.1) is 11.7 Å². The third kappa shape index (κ3) is 4.24. The zero-order valence-electron chi connectivity index (χ0n) is 9.74. The van der Waals surface area contributed by atoms with Crippen molar-refractivity contribution in [2.45, 2.75) is 25.9 Å². The Labute approximate surface area is 106 Å². The summed E-state index contributed by atoms with van der Waals surface area (Å²) in [5.74, 6) is -0.270. The maximum atomic E-state index is 11.8. The number of aliphatic hydroxyl groups excluding tert-OH is 1. The Kier molecular flexibility index (Phi) is 5.25. The van der Waals surface area contributed by atoms with Gasteiger partial charge in [0.15, 0.2) is 0 Å². The first-order valence-electron chi connectivity index (χ1n) is 5.56. The summed E-state index contributed by atoms with van der Waals surface area (Å²) >= 11 is 5.79. The van der Waals surface area contributed by atoms with E-state index in [-0.39, 0.29) is 12.0 Å². The SMILES string of the molecule is CCC(O)CCNC(=O)c1cc(Cl)ccc1N. The monoisotopic (exact) mass is 256 g/mol. The van der Waals surface area contributed by atoms with Crippen molar-refractivity contribution in [2.75, 3.05) is 12.3 Å². The van der Waals surface area contributed by atoms with Gasteiger partial charge >= 0.3 is 0 Å². The second-order valence-corrected chi connectivity index (χ2v) is 4.27. The number of hydrogen-bond acceptors (Lipinski definition) is 3. The standard InChI is InChI=1S/C12H17ClN2O2/c1-2-9(16)5-6-15-12(17)10-7-8(13)3-4-11(10)14/h3-4,7,9,16H,2,5-6,14H2,1H3,(H,15,17). The lowest BCUT2D eigenvalue weighted by atomic mass is 10.1. The quantitative estimate of drug-likeness (QED) is 0.704. The van der Waals surface area contributed by atoms with Gasteiger partial charge < -0.3 is 16.2 Å². The van der Waals surface area contributed by atoms with E-state index in [9.17, 15) is 9.90 Å². The van der Waals surface area contributed by atoms with E-state index >= 15 is 0 Å². The molecular formula is C12H17ClN2O2. The fourth-order valence-electron chi connectivity index (χ4n) is 1.38. The van der Waals surface area contributed by atoms with Crippen molar-refractivity contribution in [3.63, 3.8) is 0 Å². The second kappa shape index (κ2) is 6.47. The number of aliphatic hydroxyl groups is 1. The van der Waals surface area contributed by atoms with Crippen LogP contribution in [-0.2, 0) is 0 Å². The van der Waals surface area contributed by atoms with E-state index in [1.165, 1.54) is 6.07 Å². The van der Waals surface area contributed by atoms with Crippen molar-refractivity contribution < 1.29 is 9.90 Å². The van der Waals surface area contributed by atoms with Crippen LogP contribution in [0, 0.1) is 0 Å². The van der Waals surface area contributed by atoms with Gasteiger partial charge in [-0.15, -0.1) is 0 Å². The van der Waals surface area contributed by atoms with Gasteiger partial charge in [0, 0.05) is 17.3 Å². The number of carbonyl (C=O) groups is 1. The maximum Gasteiger partial charge on any atom is 0.253 e. The third-order valence-electron chi connectivity index (χ3n) is 2.49. The molecule has 17 heavy (non-hydrogen) atoms. The Morgan fingerprint density at radius 1 is 1.59 bits per heavy atom. The van der Waals surface area contributed by atoms with E-state index in [4.69, 9.17) is 17.3 Å². The van der Waals surface area contributed by atoms with Gasteiger partial charge in [0.2, 0.25) is 0 Å². The van der Waals surface area contributed by atoms with E-state index in [0.717, 1.165) is 0 Å². The van der Waals surface area contributed by atoms with Crippen LogP contribution in [0.25, 0.3) is 0 Å². The molecule has 0 bridgehead atoms. The molecule has 0 aliphatic carbocycles. The summed E-state index contributed by atoms with van der Waals surface area (Å²) in [5, 5.41) is 12.5. The summed E-state index contributed by atoms with van der Waals surface area (Å²) < 4.78 is 0. The molecule has 1 rings (SSSR count). The highest BCUT2D eigenvalue weighted by Crippen LogP contribution is 2.17. The van der Waals surface area contributed by atoms with E-state index in [2.05, 4.69) is 5.32 Å². The highest BCUT2D eigenvalue weighted by molar-refractivity contribution is 6.31. The molecule has 0 fully saturated rings. The van der Waals surface area contributed by atoms with Crippen LogP contribution >= 0.6 is 11.6 Å². The molecule has 0 spiro atoms. The zero-order chi connectivity index (χ0) is 12.8. The number of nitrogens with one attached hydrogen (secondary N) is 1. The average molecular weight is 257 g/mol. The second-order valence-electron chi connectivity index (χ2n) is 3.84. The molecule has 0 saturated heterocycles. The first-order chi connectivity index (χ1) is 8.04. The molecule has 0 heterocycles. The molecule has 4 N–H and O–H groups in total. The van der Waals surface area contributed by atoms with Crippen LogP contribution < -0.4 is 11.1 Å². The number of amides is 1. The van der Waals surface area contributed by atoms with Crippen LogP contribution in [0.3, 0.4) is 0 Å². The molecule has 4 nitrogen and oxygen atoms in total. The zero-order valence-corrected chi connectivity index (χ0v) is 10.5. The number of nitrogen functional groups attached to an aromatic ring is 1. The summed E-state index contributed by atoms with van der Waals surface area (Å²) in [6, 6.07) is 4.76. The van der Waals surface area contributed by atoms with E-state index in [1.807, 2.05) is 6.92 Å². The number of halogens is 1. The Bertz CT molecular complexity index is 396. The predicted octanol–water partition coefficient (Wildman–Crippen LogP) is 1.81. The van der Waals surface area contributed by atoms with Crippen molar-refractivity contribution in [3.8, 4) is 0 Å². The predicted molar refractivity (Wildman–Crippen MR) is 69.1 cm³/mol. The normalized spacial score (nSPS) is 12.2. The molecule has 5 heteroatoms. The van der Waals surface area contributed by atoms with Crippen molar-refractivity contribution in [2.24, 2.45) is 0 Å². The lowest BCUT2D eigenvalue weighted by molar-refractivity contribution is 0.0943. The van der Waals surface area contributed by atoms with Gasteiger partial charge in [-0.1, -0.05) is 18.5 Å². The minimum Gasteiger partial charge on any atom is -0.398 e. The van der Waals surface area contributed by atoms with E-state index in [1.54, 1.807) is 12.1 Å². The molecule has 1 aromatic carbocycles. The molecular weight excluding hydrogens is 240 g/mol. The molecule has 0 radical (unpaired) electrons. The summed E-state index contributed by atoms with van der Waals surface area (Å²) in [6.45, 7) is 2.31. The minimum atomic E-state index is -0.382. The Hall–Kier alpha value is -1.26. The summed E-state index contributed by atoms with van der Waals surface area (Å²) in [6.07, 6.45) is 0.824. The summed E-state index contributed by atoms with van der Waals surface area (Å²) in [5.41, 5.74) is 6.44. The van der Waals surface area contributed by atoms with Gasteiger partial charge in [0.25, 0.3) is 5.91 Å².